The molecule has 3 aromatic rings. The van der Waals surface area contributed by atoms with Crippen LogP contribution in [-0.2, 0) is 20.0 Å². The molecule has 0 aliphatic heterocycles. The number of nitrogens with zero attached hydrogens (tertiary/aromatic N) is 3. The molecule has 0 fully saturated rings. The zero-order valence-corrected chi connectivity index (χ0v) is 23.3. The van der Waals surface area contributed by atoms with Crippen LogP contribution in [0.2, 0.25) is 14.8 Å². The summed E-state index contributed by atoms with van der Waals surface area (Å²) in [6.07, 6.45) is 3.68. The molecule has 0 atom stereocenters. The maximum absolute atomic E-state index is 13.1. The number of hydrogen-bond acceptors (Lipinski definition) is 4. The first-order valence-corrected chi connectivity index (χ1v) is 22.0. The summed E-state index contributed by atoms with van der Waals surface area (Å²) in [7, 11) is 1.74. The second-order valence-electron chi connectivity index (χ2n) is 9.66. The van der Waals surface area contributed by atoms with E-state index in [4.69, 9.17) is 0 Å². The van der Waals surface area contributed by atoms with E-state index in [1.54, 1.807) is 18.8 Å². The van der Waals surface area contributed by atoms with Crippen LogP contribution in [0.15, 0.2) is 40.3 Å². The molecule has 3 rings (SSSR count). The van der Waals surface area contributed by atoms with Gasteiger partial charge >= 0.3 is 194 Å². The summed E-state index contributed by atoms with van der Waals surface area (Å²) in [5.41, 5.74) is 2.29. The molecule has 5 nitrogen and oxygen atoms in total. The zero-order chi connectivity index (χ0) is 22.8. The standard InChI is InChI=1S/C21H26N3O2S.3CH3.Sn/c1-15(2)12-18-17-14-24(13-16-8-5-4-6-9-16)21(27-11-7-10-25)19(17)20(26)23(3)22-18;;;;/h4-6,8,14-15,25H,7,10-13H2,1-3H3;3*1H3;. The normalized spacial score (nSPS) is 12.3. The summed E-state index contributed by atoms with van der Waals surface area (Å²) in [6, 6.07) is 8.78. The summed E-state index contributed by atoms with van der Waals surface area (Å²) < 4.78 is 5.25. The van der Waals surface area contributed by atoms with Crippen LogP contribution in [0.25, 0.3) is 10.8 Å². The Hall–Kier alpha value is -1.25. The fourth-order valence-electron chi connectivity index (χ4n) is 4.02. The topological polar surface area (TPSA) is 60.1 Å². The Morgan fingerprint density at radius 3 is 2.55 bits per heavy atom. The van der Waals surface area contributed by atoms with E-state index in [0.29, 0.717) is 12.3 Å². The van der Waals surface area contributed by atoms with Crippen LogP contribution >= 0.6 is 11.8 Å². The SMILES string of the molecule is CC(C)Cc1nn(C)c(=O)c2c(SCCCO)n(Cc3cccc[c]3[Sn]([CH3])([CH3])[CH3])cc12. The summed E-state index contributed by atoms with van der Waals surface area (Å²) in [5, 5.41) is 16.6. The third kappa shape index (κ3) is 5.57. The van der Waals surface area contributed by atoms with E-state index in [0.717, 1.165) is 40.2 Å². The number of aliphatic hydroxyl groups excluding tert-OH is 1. The van der Waals surface area contributed by atoms with Crippen molar-refractivity contribution in [2.24, 2.45) is 13.0 Å². The van der Waals surface area contributed by atoms with Gasteiger partial charge in [-0.2, -0.15) is 0 Å². The van der Waals surface area contributed by atoms with Gasteiger partial charge in [-0.05, 0) is 0 Å². The molecule has 1 aromatic carbocycles. The van der Waals surface area contributed by atoms with Crippen molar-refractivity contribution in [3.8, 4) is 0 Å². The van der Waals surface area contributed by atoms with Gasteiger partial charge in [-0.15, -0.1) is 0 Å². The number of hydrogen-bond donors (Lipinski definition) is 1. The number of fused-ring (bicyclic) bond motifs is 1. The number of rotatable bonds is 9. The predicted molar refractivity (Wildman–Crippen MR) is 134 cm³/mol. The van der Waals surface area contributed by atoms with Crippen LogP contribution in [0.4, 0.5) is 0 Å². The van der Waals surface area contributed by atoms with Crippen LogP contribution in [0, 0.1) is 5.92 Å². The first-order chi connectivity index (χ1) is 14.6. The average Bonchev–Trinajstić information content (AvgIpc) is 3.04. The molecule has 31 heavy (non-hydrogen) atoms. The minimum absolute atomic E-state index is 0.0453. The van der Waals surface area contributed by atoms with E-state index >= 15 is 0 Å². The third-order valence-corrected chi connectivity index (χ3v) is 12.6. The van der Waals surface area contributed by atoms with Crippen molar-refractivity contribution in [3.63, 3.8) is 0 Å². The van der Waals surface area contributed by atoms with E-state index in [9.17, 15) is 9.90 Å². The molecule has 2 aromatic heterocycles. The zero-order valence-electron chi connectivity index (χ0n) is 19.6. The molecule has 0 aliphatic rings. The molecule has 0 saturated heterocycles. The number of thioether (sulfide) groups is 1. The maximum atomic E-state index is 13.1. The van der Waals surface area contributed by atoms with Gasteiger partial charge in [0, 0.05) is 0 Å². The van der Waals surface area contributed by atoms with Crippen molar-refractivity contribution < 1.29 is 5.11 Å². The summed E-state index contributed by atoms with van der Waals surface area (Å²) in [6.45, 7) is 5.27. The minimum atomic E-state index is -2.29. The van der Waals surface area contributed by atoms with Gasteiger partial charge in [0.1, 0.15) is 0 Å². The third-order valence-electron chi connectivity index (χ3n) is 5.43. The molecule has 0 amide bonds. The van der Waals surface area contributed by atoms with Gasteiger partial charge in [0.05, 0.1) is 0 Å². The van der Waals surface area contributed by atoms with E-state index < -0.39 is 18.4 Å². The van der Waals surface area contributed by atoms with Crippen molar-refractivity contribution in [3.05, 3.63) is 52.1 Å². The van der Waals surface area contributed by atoms with Gasteiger partial charge in [-0.25, -0.2) is 0 Å². The van der Waals surface area contributed by atoms with Gasteiger partial charge in [-0.3, -0.25) is 0 Å². The number of aliphatic hydroxyl groups is 1. The van der Waals surface area contributed by atoms with Crippen molar-refractivity contribution in [1.29, 1.82) is 0 Å². The fraction of sp³-hybridized carbons (Fsp3) is 0.500. The van der Waals surface area contributed by atoms with Crippen LogP contribution in [0.5, 0.6) is 0 Å². The van der Waals surface area contributed by atoms with Gasteiger partial charge in [-0.1, -0.05) is 0 Å². The fourth-order valence-corrected chi connectivity index (χ4v) is 10.0. The molecule has 7 heteroatoms. The Kier molecular flexibility index (Phi) is 7.97. The molecular weight excluding hydrogens is 513 g/mol. The van der Waals surface area contributed by atoms with Crippen LogP contribution in [0.3, 0.4) is 0 Å². The van der Waals surface area contributed by atoms with Crippen LogP contribution in [0.1, 0.15) is 31.5 Å². The second-order valence-corrected chi connectivity index (χ2v) is 25.1. The van der Waals surface area contributed by atoms with Crippen LogP contribution in [-0.4, -0.2) is 50.2 Å². The molecule has 0 radical (unpaired) electrons. The summed E-state index contributed by atoms with van der Waals surface area (Å²) in [5.74, 6) is 1.23. The Bertz CT molecular complexity index is 1110. The quantitative estimate of drug-likeness (QED) is 0.250. The molecule has 0 aliphatic carbocycles. The number of aryl methyl sites for hydroxylation is 1. The molecule has 0 bridgehead atoms. The molecule has 1 N–H and O–H groups in total. The molecular formula is C24H35N3O2SSn. The van der Waals surface area contributed by atoms with Gasteiger partial charge in [0.25, 0.3) is 0 Å². The summed E-state index contributed by atoms with van der Waals surface area (Å²) in [4.78, 5) is 20.5. The molecule has 0 spiro atoms. The monoisotopic (exact) mass is 549 g/mol. The Morgan fingerprint density at radius 1 is 1.19 bits per heavy atom. The van der Waals surface area contributed by atoms with Gasteiger partial charge in [0.2, 0.25) is 0 Å². The van der Waals surface area contributed by atoms with Crippen LogP contribution < -0.4 is 9.14 Å². The van der Waals surface area contributed by atoms with Crippen molar-refractivity contribution in [2.45, 2.75) is 53.1 Å². The van der Waals surface area contributed by atoms with E-state index in [1.165, 1.54) is 13.8 Å². The van der Waals surface area contributed by atoms with E-state index in [1.807, 2.05) is 0 Å². The molecule has 0 unspecified atom stereocenters. The first kappa shape index (κ1) is 24.4. The molecule has 168 valence electrons. The Labute approximate surface area is 193 Å². The Balaban J connectivity index is 2.20. The van der Waals surface area contributed by atoms with Gasteiger partial charge < -0.3 is 0 Å². The van der Waals surface area contributed by atoms with E-state index in [2.05, 4.69) is 68.8 Å². The number of aromatic nitrogens is 3. The van der Waals surface area contributed by atoms with Crippen molar-refractivity contribution in [1.82, 2.24) is 14.3 Å². The second kappa shape index (κ2) is 10.1. The summed E-state index contributed by atoms with van der Waals surface area (Å²) >= 11 is -0.621. The predicted octanol–water partition coefficient (Wildman–Crippen LogP) is 4.00. The molecule has 0 saturated carbocycles. The van der Waals surface area contributed by atoms with E-state index in [-0.39, 0.29) is 12.2 Å². The average molecular weight is 548 g/mol. The molecule has 2 heterocycles. The Morgan fingerprint density at radius 2 is 1.90 bits per heavy atom. The number of benzene rings is 1. The van der Waals surface area contributed by atoms with Crippen molar-refractivity contribution in [2.75, 3.05) is 12.4 Å². The van der Waals surface area contributed by atoms with Crippen molar-refractivity contribution >= 4 is 44.5 Å². The first-order valence-electron chi connectivity index (χ1n) is 11.0. The van der Waals surface area contributed by atoms with Gasteiger partial charge in [0.15, 0.2) is 0 Å².